The Morgan fingerprint density at radius 1 is 1.45 bits per heavy atom. The van der Waals surface area contributed by atoms with E-state index < -0.39 is 0 Å². The summed E-state index contributed by atoms with van der Waals surface area (Å²) in [7, 11) is 0. The molecule has 5 heteroatoms. The van der Waals surface area contributed by atoms with Crippen LogP contribution in [0, 0.1) is 0 Å². The molecule has 60 valence electrons. The Labute approximate surface area is 64.1 Å². The van der Waals surface area contributed by atoms with Crippen LogP contribution in [0.2, 0.25) is 0 Å². The fourth-order valence-electron chi connectivity index (χ4n) is 0.605. The minimum absolute atomic E-state index is 0.246. The zero-order valence-electron chi connectivity index (χ0n) is 6.15. The molecule has 0 spiro atoms. The van der Waals surface area contributed by atoms with Crippen LogP contribution in [-0.4, -0.2) is 16.6 Å². The molecule has 5 nitrogen and oxygen atoms in total. The first kappa shape index (κ1) is 7.74. The average Bonchev–Trinajstić information content (AvgIpc) is 2.06. The molecule has 0 fully saturated rings. The van der Waals surface area contributed by atoms with Gasteiger partial charge in [0.15, 0.2) is 0 Å². The summed E-state index contributed by atoms with van der Waals surface area (Å²) in [5.74, 6) is 5.52. The Hall–Kier alpha value is -1.36. The Morgan fingerprint density at radius 3 is 2.82 bits per heavy atom. The molecule has 0 amide bonds. The minimum Gasteiger partial charge on any atom is -0.477 e. The lowest BCUT2D eigenvalue weighted by molar-refractivity contribution is 0.292. The molecule has 1 aromatic heterocycles. The van der Waals surface area contributed by atoms with Crippen molar-refractivity contribution in [1.29, 1.82) is 0 Å². The van der Waals surface area contributed by atoms with Gasteiger partial charge in [0.05, 0.1) is 19.0 Å². The van der Waals surface area contributed by atoms with Gasteiger partial charge in [0.25, 0.3) is 5.88 Å². The Morgan fingerprint density at radius 2 is 2.18 bits per heavy atom. The smallest absolute Gasteiger partial charge is 0.259 e. The predicted molar refractivity (Wildman–Crippen MR) is 38.0 cm³/mol. The fourth-order valence-corrected chi connectivity index (χ4v) is 0.605. The van der Waals surface area contributed by atoms with Gasteiger partial charge in [-0.05, 0) is 6.92 Å². The van der Waals surface area contributed by atoms with Crippen molar-refractivity contribution in [3.8, 4) is 11.8 Å². The van der Waals surface area contributed by atoms with Crippen molar-refractivity contribution in [1.82, 2.24) is 9.97 Å². The monoisotopic (exact) mass is 155 g/mol. The van der Waals surface area contributed by atoms with E-state index in [4.69, 9.17) is 10.6 Å². The van der Waals surface area contributed by atoms with Crippen molar-refractivity contribution in [2.75, 3.05) is 6.61 Å². The first-order valence-electron chi connectivity index (χ1n) is 3.18. The Kier molecular flexibility index (Phi) is 2.62. The van der Waals surface area contributed by atoms with Crippen molar-refractivity contribution in [2.45, 2.75) is 6.92 Å². The SMILES string of the molecule is CCOc1cncc(ON)n1. The van der Waals surface area contributed by atoms with Gasteiger partial charge in [-0.15, -0.1) is 0 Å². The maximum atomic E-state index is 5.04. The van der Waals surface area contributed by atoms with Crippen molar-refractivity contribution >= 4 is 0 Å². The van der Waals surface area contributed by atoms with E-state index in [0.717, 1.165) is 0 Å². The quantitative estimate of drug-likeness (QED) is 0.628. The number of aromatic nitrogens is 2. The number of hydrogen-bond acceptors (Lipinski definition) is 5. The maximum absolute atomic E-state index is 5.04. The lowest BCUT2D eigenvalue weighted by atomic mass is 10.7. The summed E-state index contributed by atoms with van der Waals surface area (Å²) in [5, 5.41) is 0. The maximum Gasteiger partial charge on any atom is 0.259 e. The van der Waals surface area contributed by atoms with Crippen molar-refractivity contribution in [3.63, 3.8) is 0 Å². The third kappa shape index (κ3) is 2.05. The summed E-state index contributed by atoms with van der Waals surface area (Å²) in [6, 6.07) is 0. The van der Waals surface area contributed by atoms with Crippen molar-refractivity contribution < 1.29 is 9.57 Å². The van der Waals surface area contributed by atoms with E-state index >= 15 is 0 Å². The number of rotatable bonds is 3. The first-order chi connectivity index (χ1) is 5.36. The summed E-state index contributed by atoms with van der Waals surface area (Å²) in [5.41, 5.74) is 0. The van der Waals surface area contributed by atoms with E-state index in [0.29, 0.717) is 12.5 Å². The minimum atomic E-state index is 0.246. The summed E-state index contributed by atoms with van der Waals surface area (Å²) < 4.78 is 5.04. The van der Waals surface area contributed by atoms with Crippen LogP contribution in [-0.2, 0) is 0 Å². The zero-order chi connectivity index (χ0) is 8.10. The van der Waals surface area contributed by atoms with E-state index in [1.54, 1.807) is 0 Å². The van der Waals surface area contributed by atoms with Gasteiger partial charge in [0.1, 0.15) is 0 Å². The average molecular weight is 155 g/mol. The van der Waals surface area contributed by atoms with Crippen LogP contribution in [0.25, 0.3) is 0 Å². The van der Waals surface area contributed by atoms with Gasteiger partial charge < -0.3 is 9.57 Å². The van der Waals surface area contributed by atoms with Gasteiger partial charge in [-0.3, -0.25) is 4.98 Å². The Bertz CT molecular complexity index is 229. The molecule has 11 heavy (non-hydrogen) atoms. The van der Waals surface area contributed by atoms with Crippen LogP contribution in [0.5, 0.6) is 11.8 Å². The zero-order valence-corrected chi connectivity index (χ0v) is 6.15. The van der Waals surface area contributed by atoms with Crippen LogP contribution >= 0.6 is 0 Å². The standard InChI is InChI=1S/C6H9N3O2/c1-2-10-5-3-8-4-6(9-5)11-7/h3-4H,2,7H2,1H3. The molecule has 0 radical (unpaired) electrons. The molecular weight excluding hydrogens is 146 g/mol. The predicted octanol–water partition coefficient (Wildman–Crippen LogP) is 0.128. The normalized spacial score (nSPS) is 9.27. The van der Waals surface area contributed by atoms with Gasteiger partial charge >= 0.3 is 0 Å². The van der Waals surface area contributed by atoms with E-state index in [1.165, 1.54) is 12.4 Å². The van der Waals surface area contributed by atoms with Gasteiger partial charge in [0.2, 0.25) is 5.88 Å². The lowest BCUT2D eigenvalue weighted by Crippen LogP contribution is -2.05. The molecule has 0 atom stereocenters. The molecule has 1 heterocycles. The molecule has 0 saturated heterocycles. The molecule has 0 aliphatic heterocycles. The van der Waals surface area contributed by atoms with Crippen LogP contribution in [0.1, 0.15) is 6.92 Å². The van der Waals surface area contributed by atoms with Crippen LogP contribution < -0.4 is 15.5 Å². The highest BCUT2D eigenvalue weighted by Crippen LogP contribution is 2.08. The fraction of sp³-hybridized carbons (Fsp3) is 0.333. The Balaban J connectivity index is 2.74. The third-order valence-electron chi connectivity index (χ3n) is 1.00. The van der Waals surface area contributed by atoms with Crippen LogP contribution in [0.3, 0.4) is 0 Å². The highest BCUT2D eigenvalue weighted by atomic mass is 16.6. The second kappa shape index (κ2) is 3.72. The molecular formula is C6H9N3O2. The molecule has 0 aliphatic rings. The molecule has 0 aliphatic carbocycles. The number of hydrogen-bond donors (Lipinski definition) is 1. The number of nitrogens with zero attached hydrogens (tertiary/aromatic N) is 2. The topological polar surface area (TPSA) is 70.3 Å². The second-order valence-corrected chi connectivity index (χ2v) is 1.75. The summed E-state index contributed by atoms with van der Waals surface area (Å²) in [6.45, 7) is 2.40. The molecule has 0 unspecified atom stereocenters. The van der Waals surface area contributed by atoms with Crippen LogP contribution in [0.15, 0.2) is 12.4 Å². The van der Waals surface area contributed by atoms with Crippen molar-refractivity contribution in [2.24, 2.45) is 5.90 Å². The lowest BCUT2D eigenvalue weighted by Gasteiger charge is -2.01. The molecule has 0 aromatic carbocycles. The highest BCUT2D eigenvalue weighted by molar-refractivity contribution is 5.11. The summed E-state index contributed by atoms with van der Waals surface area (Å²) in [6.07, 6.45) is 2.90. The van der Waals surface area contributed by atoms with E-state index in [1.807, 2.05) is 6.92 Å². The van der Waals surface area contributed by atoms with Gasteiger partial charge in [-0.2, -0.15) is 10.9 Å². The van der Waals surface area contributed by atoms with E-state index in [2.05, 4.69) is 14.8 Å². The largest absolute Gasteiger partial charge is 0.477 e. The molecule has 0 saturated carbocycles. The third-order valence-corrected chi connectivity index (χ3v) is 1.00. The van der Waals surface area contributed by atoms with Gasteiger partial charge in [-0.25, -0.2) is 0 Å². The van der Waals surface area contributed by atoms with E-state index in [-0.39, 0.29) is 5.88 Å². The number of ether oxygens (including phenoxy) is 1. The van der Waals surface area contributed by atoms with Crippen molar-refractivity contribution in [3.05, 3.63) is 12.4 Å². The first-order valence-corrected chi connectivity index (χ1v) is 3.18. The van der Waals surface area contributed by atoms with Gasteiger partial charge in [-0.1, -0.05) is 0 Å². The highest BCUT2D eigenvalue weighted by Gasteiger charge is 1.97. The molecule has 1 aromatic rings. The van der Waals surface area contributed by atoms with Crippen LogP contribution in [0.4, 0.5) is 0 Å². The number of nitrogens with two attached hydrogens (primary N) is 1. The van der Waals surface area contributed by atoms with Gasteiger partial charge in [0, 0.05) is 0 Å². The second-order valence-electron chi connectivity index (χ2n) is 1.75. The summed E-state index contributed by atoms with van der Waals surface area (Å²) >= 11 is 0. The van der Waals surface area contributed by atoms with E-state index in [9.17, 15) is 0 Å². The molecule has 2 N–H and O–H groups in total. The molecule has 1 rings (SSSR count). The summed E-state index contributed by atoms with van der Waals surface area (Å²) in [4.78, 5) is 12.0. The molecule has 0 bridgehead atoms.